The zero-order valence-electron chi connectivity index (χ0n) is 15.2. The molecule has 1 aromatic heterocycles. The number of pyridine rings is 1. The zero-order valence-corrected chi connectivity index (χ0v) is 17.7. The molecule has 1 unspecified atom stereocenters. The van der Waals surface area contributed by atoms with E-state index >= 15 is 0 Å². The van der Waals surface area contributed by atoms with Crippen molar-refractivity contribution in [3.8, 4) is 5.75 Å². The Morgan fingerprint density at radius 3 is 2.62 bits per heavy atom. The molecule has 4 rings (SSSR count). The Bertz CT molecular complexity index is 1110. The quantitative estimate of drug-likeness (QED) is 0.580. The van der Waals surface area contributed by atoms with Crippen LogP contribution in [-0.4, -0.2) is 28.3 Å². The van der Waals surface area contributed by atoms with E-state index in [4.69, 9.17) is 4.74 Å². The lowest BCUT2D eigenvalue weighted by molar-refractivity contribution is 0.305. The largest absolute Gasteiger partial charge is 0.489 e. The third-order valence-electron chi connectivity index (χ3n) is 4.64. The van der Waals surface area contributed by atoms with Gasteiger partial charge < -0.3 is 4.74 Å². The first kappa shape index (κ1) is 21.6. The van der Waals surface area contributed by atoms with Gasteiger partial charge in [-0.1, -0.05) is 30.3 Å². The van der Waals surface area contributed by atoms with Crippen LogP contribution >= 0.6 is 23.0 Å². The highest BCUT2D eigenvalue weighted by Crippen LogP contribution is 2.61. The minimum absolute atomic E-state index is 0. The van der Waals surface area contributed by atoms with Crippen LogP contribution in [0.25, 0.3) is 0 Å². The summed E-state index contributed by atoms with van der Waals surface area (Å²) in [5, 5.41) is -0.998. The average Bonchev–Trinajstić information content (AvgIpc) is 2.99. The van der Waals surface area contributed by atoms with Gasteiger partial charge in [0.1, 0.15) is 17.6 Å². The summed E-state index contributed by atoms with van der Waals surface area (Å²) in [6.07, 6.45) is 3.35. The predicted octanol–water partition coefficient (Wildman–Crippen LogP) is 4.72. The van der Waals surface area contributed by atoms with Crippen LogP contribution in [0.5, 0.6) is 5.75 Å². The van der Waals surface area contributed by atoms with E-state index in [0.717, 1.165) is 5.56 Å². The summed E-state index contributed by atoms with van der Waals surface area (Å²) in [6, 6.07) is 16.5. The normalized spacial score (nSPS) is 18.3. The number of aromatic nitrogens is 1. The lowest BCUT2D eigenvalue weighted by Gasteiger charge is -2.27. The van der Waals surface area contributed by atoms with E-state index in [9.17, 15) is 17.5 Å². The molecule has 1 aliphatic heterocycles. The molecule has 3 aromatic rings. The summed E-state index contributed by atoms with van der Waals surface area (Å²) in [5.74, 6) is 0.193. The first-order valence-corrected chi connectivity index (χ1v) is 11.8. The van der Waals surface area contributed by atoms with Gasteiger partial charge in [-0.3, -0.25) is 14.1 Å². The van der Waals surface area contributed by atoms with Gasteiger partial charge in [-0.2, -0.15) is 10.6 Å². The van der Waals surface area contributed by atoms with Crippen LogP contribution < -0.4 is 4.74 Å². The molecule has 0 aliphatic carbocycles. The van der Waals surface area contributed by atoms with Crippen molar-refractivity contribution >= 4 is 32.8 Å². The second-order valence-electron chi connectivity index (χ2n) is 6.53. The fraction of sp³-hybridized carbons (Fsp3) is 0.150. The maximum absolute atomic E-state index is 13.2. The van der Waals surface area contributed by atoms with Gasteiger partial charge in [0.2, 0.25) is 0 Å². The molecule has 1 aliphatic rings. The molecule has 0 bridgehead atoms. The number of rotatable bonds is 5. The van der Waals surface area contributed by atoms with Crippen LogP contribution in [0.15, 0.2) is 82.8 Å². The topological polar surface area (TPSA) is 96.7 Å². The van der Waals surface area contributed by atoms with Crippen LogP contribution in [0.1, 0.15) is 16.4 Å². The summed E-state index contributed by atoms with van der Waals surface area (Å²) in [7, 11) is -6.94. The molecule has 0 amide bonds. The molecular formula is C20H20ClNO5S2. The summed E-state index contributed by atoms with van der Waals surface area (Å²) < 4.78 is 52.8. The van der Waals surface area contributed by atoms with E-state index in [2.05, 4.69) is 4.98 Å². The summed E-state index contributed by atoms with van der Waals surface area (Å²) in [6.45, 7) is 0.268. The molecule has 29 heavy (non-hydrogen) atoms. The molecule has 6 nitrogen and oxygen atoms in total. The smallest absolute Gasteiger partial charge is 0.187 e. The number of hydrogen-bond acceptors (Lipinski definition) is 6. The van der Waals surface area contributed by atoms with Crippen molar-refractivity contribution in [3.63, 3.8) is 0 Å². The minimum atomic E-state index is -3.82. The number of nitrogens with zero attached hydrogens (tertiary/aromatic N) is 1. The molecule has 2 N–H and O–H groups in total. The van der Waals surface area contributed by atoms with Crippen LogP contribution in [0.2, 0.25) is 0 Å². The summed E-state index contributed by atoms with van der Waals surface area (Å²) in [4.78, 5) is 4.42. The maximum Gasteiger partial charge on any atom is 0.187 e. The molecule has 0 radical (unpaired) electrons. The molecule has 2 aromatic carbocycles. The Hall–Kier alpha value is -2.10. The van der Waals surface area contributed by atoms with Gasteiger partial charge in [-0.05, 0) is 35.9 Å². The zero-order chi connectivity index (χ0) is 19.8. The van der Waals surface area contributed by atoms with Gasteiger partial charge in [0, 0.05) is 18.0 Å². The second-order valence-corrected chi connectivity index (χ2v) is 10.8. The molecule has 9 heteroatoms. The standard InChI is InChI=1S/C20H19NO5S2.ClH/c22-27(23)14-20(18-8-1-2-9-19(18)27)28(24,25)17-7-3-6-16(11-17)26-13-15-5-4-10-21-12-15;/h1-12,20,22-23H,13-14H2;1H. The Morgan fingerprint density at radius 2 is 1.86 bits per heavy atom. The highest BCUT2D eigenvalue weighted by atomic mass is 35.5. The number of fused-ring (bicyclic) bond motifs is 1. The van der Waals surface area contributed by atoms with E-state index in [1.807, 2.05) is 6.07 Å². The highest BCUT2D eigenvalue weighted by molar-refractivity contribution is 8.25. The van der Waals surface area contributed by atoms with E-state index < -0.39 is 25.7 Å². The Balaban J connectivity index is 0.00000240. The van der Waals surface area contributed by atoms with Crippen molar-refractivity contribution in [1.82, 2.24) is 4.98 Å². The Morgan fingerprint density at radius 1 is 1.07 bits per heavy atom. The molecule has 0 fully saturated rings. The van der Waals surface area contributed by atoms with Crippen LogP contribution in [-0.2, 0) is 16.4 Å². The third-order valence-corrected chi connectivity index (χ3v) is 8.80. The van der Waals surface area contributed by atoms with Crippen molar-refractivity contribution in [2.75, 3.05) is 5.75 Å². The number of halogens is 1. The third kappa shape index (κ3) is 4.26. The lowest BCUT2D eigenvalue weighted by Crippen LogP contribution is -2.15. The minimum Gasteiger partial charge on any atom is -0.489 e. The van der Waals surface area contributed by atoms with Crippen LogP contribution in [0.4, 0.5) is 0 Å². The van der Waals surface area contributed by atoms with Crippen LogP contribution in [0.3, 0.4) is 0 Å². The van der Waals surface area contributed by atoms with Crippen molar-refractivity contribution in [3.05, 3.63) is 84.2 Å². The number of sulfone groups is 1. The van der Waals surface area contributed by atoms with Gasteiger partial charge in [-0.25, -0.2) is 8.42 Å². The molecule has 2 heterocycles. The number of benzene rings is 2. The van der Waals surface area contributed by atoms with Crippen LogP contribution in [0, 0.1) is 0 Å². The number of ether oxygens (including phenoxy) is 1. The SMILES string of the molecule is Cl.O=S(=O)(c1cccc(OCc2cccnc2)c1)C1CS(O)(O)c2ccccc21. The van der Waals surface area contributed by atoms with Crippen molar-refractivity contribution in [2.24, 2.45) is 0 Å². The Kier molecular flexibility index (Phi) is 6.21. The summed E-state index contributed by atoms with van der Waals surface area (Å²) in [5.41, 5.74) is 1.32. The first-order valence-electron chi connectivity index (χ1n) is 8.58. The van der Waals surface area contributed by atoms with Crippen molar-refractivity contribution < 1.29 is 22.3 Å². The van der Waals surface area contributed by atoms with Crippen molar-refractivity contribution in [2.45, 2.75) is 21.6 Å². The fourth-order valence-corrected chi connectivity index (χ4v) is 7.69. The second kappa shape index (κ2) is 8.33. The maximum atomic E-state index is 13.2. The molecule has 0 saturated carbocycles. The van der Waals surface area contributed by atoms with E-state index in [1.165, 1.54) is 12.1 Å². The Labute approximate surface area is 177 Å². The van der Waals surface area contributed by atoms with Gasteiger partial charge >= 0.3 is 0 Å². The first-order chi connectivity index (χ1) is 13.4. The van der Waals surface area contributed by atoms with Gasteiger partial charge in [-0.15, -0.1) is 12.4 Å². The average molecular weight is 454 g/mol. The monoisotopic (exact) mass is 453 g/mol. The number of hydrogen-bond donors (Lipinski definition) is 2. The fourth-order valence-electron chi connectivity index (χ4n) is 3.25. The predicted molar refractivity (Wildman–Crippen MR) is 115 cm³/mol. The highest BCUT2D eigenvalue weighted by Gasteiger charge is 2.42. The molecule has 154 valence electrons. The molecule has 0 saturated heterocycles. The van der Waals surface area contributed by atoms with Gasteiger partial charge in [0.15, 0.2) is 9.84 Å². The van der Waals surface area contributed by atoms with E-state index in [1.54, 1.807) is 54.9 Å². The van der Waals surface area contributed by atoms with E-state index in [-0.39, 0.29) is 29.7 Å². The van der Waals surface area contributed by atoms with Crippen molar-refractivity contribution in [1.29, 1.82) is 0 Å². The molecule has 1 atom stereocenters. The lowest BCUT2D eigenvalue weighted by atomic mass is 10.2. The summed E-state index contributed by atoms with van der Waals surface area (Å²) >= 11 is 0. The molecular weight excluding hydrogens is 434 g/mol. The van der Waals surface area contributed by atoms with E-state index in [0.29, 0.717) is 16.2 Å². The van der Waals surface area contributed by atoms with Gasteiger partial charge in [0.25, 0.3) is 0 Å². The van der Waals surface area contributed by atoms with Gasteiger partial charge in [0.05, 0.1) is 15.5 Å². The molecule has 0 spiro atoms.